The largest absolute Gasteiger partial charge is 0.370 e. The van der Waals surface area contributed by atoms with Crippen molar-refractivity contribution >= 4 is 11.7 Å². The summed E-state index contributed by atoms with van der Waals surface area (Å²) in [5.41, 5.74) is 1.93. The van der Waals surface area contributed by atoms with Crippen molar-refractivity contribution in [1.82, 2.24) is 10.3 Å². The Labute approximate surface area is 132 Å². The minimum absolute atomic E-state index is 0.0851. The molecule has 1 amide bonds. The molecule has 1 heterocycles. The van der Waals surface area contributed by atoms with Gasteiger partial charge < -0.3 is 10.6 Å². The molecule has 1 aromatic heterocycles. The third-order valence-corrected chi connectivity index (χ3v) is 3.24. The molecule has 0 radical (unpaired) electrons. The van der Waals surface area contributed by atoms with Crippen molar-refractivity contribution in [3.8, 4) is 0 Å². The summed E-state index contributed by atoms with van der Waals surface area (Å²) in [6.07, 6.45) is 3.70. The lowest BCUT2D eigenvalue weighted by Crippen LogP contribution is -2.30. The van der Waals surface area contributed by atoms with Gasteiger partial charge >= 0.3 is 0 Å². The number of carbonyl (C=O) groups is 1. The molecule has 0 aliphatic carbocycles. The molecule has 0 saturated carbocycles. The van der Waals surface area contributed by atoms with Crippen molar-refractivity contribution in [3.05, 3.63) is 59.8 Å². The fraction of sp³-hybridized carbons (Fsp3) is 0.333. The first kappa shape index (κ1) is 16.0. The number of aromatic nitrogens is 1. The van der Waals surface area contributed by atoms with E-state index in [1.807, 2.05) is 26.0 Å². The van der Waals surface area contributed by atoms with Crippen LogP contribution in [-0.2, 0) is 6.42 Å². The molecule has 2 N–H and O–H groups in total. The van der Waals surface area contributed by atoms with Gasteiger partial charge in [-0.3, -0.25) is 4.79 Å². The Balaban J connectivity index is 1.76. The zero-order valence-corrected chi connectivity index (χ0v) is 13.2. The first-order valence-corrected chi connectivity index (χ1v) is 7.70. The van der Waals surface area contributed by atoms with E-state index in [1.54, 1.807) is 12.3 Å². The van der Waals surface area contributed by atoms with Crippen LogP contribution in [0.3, 0.4) is 0 Å². The van der Waals surface area contributed by atoms with Gasteiger partial charge in [0, 0.05) is 18.8 Å². The van der Waals surface area contributed by atoms with Gasteiger partial charge in [0.15, 0.2) is 0 Å². The molecule has 4 nitrogen and oxygen atoms in total. The Morgan fingerprint density at radius 2 is 1.91 bits per heavy atom. The lowest BCUT2D eigenvalue weighted by Gasteiger charge is -2.09. The summed E-state index contributed by atoms with van der Waals surface area (Å²) in [6.45, 7) is 4.74. The molecular formula is C18H23N3O. The molecule has 116 valence electrons. The second-order valence-electron chi connectivity index (χ2n) is 5.58. The molecule has 0 saturated heterocycles. The third kappa shape index (κ3) is 5.20. The second kappa shape index (κ2) is 8.17. The van der Waals surface area contributed by atoms with Crippen molar-refractivity contribution in [3.63, 3.8) is 0 Å². The van der Waals surface area contributed by atoms with Crippen molar-refractivity contribution in [2.45, 2.75) is 32.7 Å². The predicted molar refractivity (Wildman–Crippen MR) is 90.1 cm³/mol. The minimum atomic E-state index is -0.0851. The highest BCUT2D eigenvalue weighted by Crippen LogP contribution is 2.07. The molecule has 4 heteroatoms. The Bertz CT molecular complexity index is 579. The Kier molecular flexibility index (Phi) is 5.95. The van der Waals surface area contributed by atoms with Crippen LogP contribution in [0, 0.1) is 0 Å². The van der Waals surface area contributed by atoms with E-state index in [4.69, 9.17) is 0 Å². The number of amides is 1. The molecule has 0 unspecified atom stereocenters. The van der Waals surface area contributed by atoms with E-state index in [1.165, 1.54) is 5.56 Å². The monoisotopic (exact) mass is 297 g/mol. The van der Waals surface area contributed by atoms with Gasteiger partial charge in [-0.2, -0.15) is 0 Å². The normalized spacial score (nSPS) is 10.5. The number of carbonyl (C=O) groups excluding carboxylic acids is 1. The molecule has 0 aliphatic heterocycles. The average molecular weight is 297 g/mol. The minimum Gasteiger partial charge on any atom is -0.370 e. The van der Waals surface area contributed by atoms with Crippen LogP contribution in [0.15, 0.2) is 48.7 Å². The first-order valence-electron chi connectivity index (χ1n) is 7.70. The van der Waals surface area contributed by atoms with Gasteiger partial charge in [-0.05, 0) is 44.4 Å². The van der Waals surface area contributed by atoms with E-state index in [9.17, 15) is 4.79 Å². The molecule has 0 spiro atoms. The maximum Gasteiger partial charge on any atom is 0.253 e. The number of pyridine rings is 1. The van der Waals surface area contributed by atoms with Gasteiger partial charge in [0.2, 0.25) is 0 Å². The van der Waals surface area contributed by atoms with Crippen molar-refractivity contribution < 1.29 is 4.79 Å². The maximum absolute atomic E-state index is 11.8. The SMILES string of the molecule is CC(C)NC(=O)c1ccc(NCCCc2ccccc2)nc1. The average Bonchev–Trinajstić information content (AvgIpc) is 2.52. The van der Waals surface area contributed by atoms with Crippen molar-refractivity contribution in [2.24, 2.45) is 0 Å². The van der Waals surface area contributed by atoms with Crippen LogP contribution in [0.5, 0.6) is 0 Å². The second-order valence-corrected chi connectivity index (χ2v) is 5.58. The lowest BCUT2D eigenvalue weighted by atomic mass is 10.1. The van der Waals surface area contributed by atoms with Crippen molar-refractivity contribution in [2.75, 3.05) is 11.9 Å². The number of rotatable bonds is 7. The molecule has 0 bridgehead atoms. The number of nitrogens with zero attached hydrogens (tertiary/aromatic N) is 1. The molecule has 2 rings (SSSR count). The summed E-state index contributed by atoms with van der Waals surface area (Å²) in [5, 5.41) is 6.13. The Morgan fingerprint density at radius 3 is 2.55 bits per heavy atom. The Hall–Kier alpha value is -2.36. The summed E-state index contributed by atoms with van der Waals surface area (Å²) in [4.78, 5) is 16.1. The number of benzene rings is 1. The zero-order chi connectivity index (χ0) is 15.8. The summed E-state index contributed by atoms with van der Waals surface area (Å²) in [7, 11) is 0. The molecule has 0 atom stereocenters. The topological polar surface area (TPSA) is 54.0 Å². The van der Waals surface area contributed by atoms with Crippen LogP contribution < -0.4 is 10.6 Å². The van der Waals surface area contributed by atoms with Gasteiger partial charge in [-0.1, -0.05) is 30.3 Å². The first-order chi connectivity index (χ1) is 10.6. The van der Waals surface area contributed by atoms with Crippen LogP contribution in [0.1, 0.15) is 36.2 Å². The maximum atomic E-state index is 11.8. The Morgan fingerprint density at radius 1 is 1.14 bits per heavy atom. The van der Waals surface area contributed by atoms with Gasteiger partial charge in [0.05, 0.1) is 5.56 Å². The highest BCUT2D eigenvalue weighted by molar-refractivity contribution is 5.94. The quantitative estimate of drug-likeness (QED) is 0.771. The number of hydrogen-bond acceptors (Lipinski definition) is 3. The number of hydrogen-bond donors (Lipinski definition) is 2. The summed E-state index contributed by atoms with van der Waals surface area (Å²) in [6, 6.07) is 14.2. The lowest BCUT2D eigenvalue weighted by molar-refractivity contribution is 0.0943. The van der Waals surface area contributed by atoms with Crippen LogP contribution in [0.4, 0.5) is 5.82 Å². The van der Waals surface area contributed by atoms with Crippen LogP contribution in [0.25, 0.3) is 0 Å². The highest BCUT2D eigenvalue weighted by Gasteiger charge is 2.06. The van der Waals surface area contributed by atoms with E-state index in [0.717, 1.165) is 25.2 Å². The van der Waals surface area contributed by atoms with E-state index in [0.29, 0.717) is 5.56 Å². The number of anilines is 1. The third-order valence-electron chi connectivity index (χ3n) is 3.24. The van der Waals surface area contributed by atoms with E-state index in [2.05, 4.69) is 39.9 Å². The fourth-order valence-electron chi connectivity index (χ4n) is 2.13. The molecule has 1 aromatic carbocycles. The van der Waals surface area contributed by atoms with Crippen LogP contribution in [0.2, 0.25) is 0 Å². The molecule has 2 aromatic rings. The predicted octanol–water partition coefficient (Wildman–Crippen LogP) is 3.26. The number of aryl methyl sites for hydroxylation is 1. The van der Waals surface area contributed by atoms with Gasteiger partial charge in [-0.15, -0.1) is 0 Å². The molecule has 22 heavy (non-hydrogen) atoms. The standard InChI is InChI=1S/C18H23N3O/c1-14(2)21-18(22)16-10-11-17(20-13-16)19-12-6-9-15-7-4-3-5-8-15/h3-5,7-8,10-11,13-14H,6,9,12H2,1-2H3,(H,19,20)(H,21,22). The van der Waals surface area contributed by atoms with Crippen molar-refractivity contribution in [1.29, 1.82) is 0 Å². The highest BCUT2D eigenvalue weighted by atomic mass is 16.1. The van der Waals surface area contributed by atoms with Gasteiger partial charge in [0.25, 0.3) is 5.91 Å². The van der Waals surface area contributed by atoms with E-state index >= 15 is 0 Å². The van der Waals surface area contributed by atoms with E-state index < -0.39 is 0 Å². The van der Waals surface area contributed by atoms with Crippen LogP contribution >= 0.6 is 0 Å². The summed E-state index contributed by atoms with van der Waals surface area (Å²) >= 11 is 0. The zero-order valence-electron chi connectivity index (χ0n) is 13.2. The smallest absolute Gasteiger partial charge is 0.253 e. The van der Waals surface area contributed by atoms with Gasteiger partial charge in [0.1, 0.15) is 5.82 Å². The molecule has 0 aliphatic rings. The number of nitrogens with one attached hydrogen (secondary N) is 2. The summed E-state index contributed by atoms with van der Waals surface area (Å²) in [5.74, 6) is 0.715. The van der Waals surface area contributed by atoms with Crippen LogP contribution in [-0.4, -0.2) is 23.5 Å². The van der Waals surface area contributed by atoms with E-state index in [-0.39, 0.29) is 11.9 Å². The van der Waals surface area contributed by atoms with Gasteiger partial charge in [-0.25, -0.2) is 4.98 Å². The molecular weight excluding hydrogens is 274 g/mol. The molecule has 0 fully saturated rings. The fourth-order valence-corrected chi connectivity index (χ4v) is 2.13. The summed E-state index contributed by atoms with van der Waals surface area (Å²) < 4.78 is 0.